The summed E-state index contributed by atoms with van der Waals surface area (Å²) in [5.41, 5.74) is 0.714. The number of ether oxygens (including phenoxy) is 2. The SMILES string of the molecule is CNC(=O)[C@@H]1CN(Cc2cnc(Oc3ccc(Cl)cc3F)cn2)CCO1. The van der Waals surface area contributed by atoms with Crippen LogP contribution in [0.4, 0.5) is 4.39 Å². The van der Waals surface area contributed by atoms with Crippen LogP contribution < -0.4 is 10.1 Å². The second-order valence-corrected chi connectivity index (χ2v) is 6.17. The highest BCUT2D eigenvalue weighted by Gasteiger charge is 2.26. The highest BCUT2D eigenvalue weighted by molar-refractivity contribution is 6.30. The number of rotatable bonds is 5. The van der Waals surface area contributed by atoms with Crippen molar-refractivity contribution in [3.05, 3.63) is 47.1 Å². The van der Waals surface area contributed by atoms with Crippen LogP contribution in [0.3, 0.4) is 0 Å². The summed E-state index contributed by atoms with van der Waals surface area (Å²) < 4.78 is 24.6. The average molecular weight is 381 g/mol. The zero-order chi connectivity index (χ0) is 18.5. The van der Waals surface area contributed by atoms with Gasteiger partial charge in [0.25, 0.3) is 0 Å². The van der Waals surface area contributed by atoms with Crippen molar-refractivity contribution in [1.82, 2.24) is 20.2 Å². The van der Waals surface area contributed by atoms with Crippen LogP contribution in [0, 0.1) is 5.82 Å². The number of hydrogen-bond acceptors (Lipinski definition) is 6. The van der Waals surface area contributed by atoms with Crippen LogP contribution in [0.15, 0.2) is 30.6 Å². The Labute approximate surface area is 155 Å². The number of amides is 1. The van der Waals surface area contributed by atoms with Crippen molar-refractivity contribution >= 4 is 17.5 Å². The number of aromatic nitrogens is 2. The quantitative estimate of drug-likeness (QED) is 0.855. The number of carbonyl (C=O) groups is 1. The predicted molar refractivity (Wildman–Crippen MR) is 92.6 cm³/mol. The van der Waals surface area contributed by atoms with Crippen molar-refractivity contribution in [2.75, 3.05) is 26.7 Å². The first-order chi connectivity index (χ1) is 12.5. The molecule has 0 aliphatic carbocycles. The van der Waals surface area contributed by atoms with E-state index in [4.69, 9.17) is 21.1 Å². The summed E-state index contributed by atoms with van der Waals surface area (Å²) in [5.74, 6) is -0.510. The number of carbonyl (C=O) groups excluding carboxylic acids is 1. The molecule has 0 bridgehead atoms. The minimum absolute atomic E-state index is 0.0260. The minimum Gasteiger partial charge on any atom is -0.434 e. The fourth-order valence-electron chi connectivity index (χ4n) is 2.54. The van der Waals surface area contributed by atoms with Crippen LogP contribution in [0.25, 0.3) is 0 Å². The third kappa shape index (κ3) is 4.66. The number of halogens is 2. The Balaban J connectivity index is 1.60. The van der Waals surface area contributed by atoms with E-state index < -0.39 is 11.9 Å². The third-order valence-electron chi connectivity index (χ3n) is 3.87. The molecule has 0 spiro atoms. The van der Waals surface area contributed by atoms with E-state index >= 15 is 0 Å². The summed E-state index contributed by atoms with van der Waals surface area (Å²) >= 11 is 5.71. The van der Waals surface area contributed by atoms with Gasteiger partial charge in [0.05, 0.1) is 24.7 Å². The Morgan fingerprint density at radius 2 is 2.31 bits per heavy atom. The van der Waals surface area contributed by atoms with Gasteiger partial charge in [0, 0.05) is 31.7 Å². The molecular formula is C17H18ClFN4O3. The third-order valence-corrected chi connectivity index (χ3v) is 4.10. The van der Waals surface area contributed by atoms with Gasteiger partial charge < -0.3 is 14.8 Å². The zero-order valence-corrected chi connectivity index (χ0v) is 14.9. The first-order valence-corrected chi connectivity index (χ1v) is 8.42. The van der Waals surface area contributed by atoms with E-state index in [1.165, 1.54) is 24.4 Å². The number of nitrogens with zero attached hydrogens (tertiary/aromatic N) is 3. The van der Waals surface area contributed by atoms with Crippen LogP contribution in [0.1, 0.15) is 5.69 Å². The van der Waals surface area contributed by atoms with E-state index in [9.17, 15) is 9.18 Å². The van der Waals surface area contributed by atoms with E-state index in [0.717, 1.165) is 0 Å². The van der Waals surface area contributed by atoms with Gasteiger partial charge in [0.1, 0.15) is 6.10 Å². The molecule has 1 atom stereocenters. The second-order valence-electron chi connectivity index (χ2n) is 5.73. The van der Waals surface area contributed by atoms with E-state index in [1.807, 2.05) is 0 Å². The number of morpholine rings is 1. The van der Waals surface area contributed by atoms with Crippen molar-refractivity contribution in [3.63, 3.8) is 0 Å². The van der Waals surface area contributed by atoms with E-state index in [0.29, 0.717) is 31.9 Å². The Morgan fingerprint density at radius 3 is 3.00 bits per heavy atom. The molecule has 138 valence electrons. The molecule has 26 heavy (non-hydrogen) atoms. The van der Waals surface area contributed by atoms with Gasteiger partial charge in [-0.1, -0.05) is 11.6 Å². The number of benzene rings is 1. The standard InChI is InChI=1S/C17H18ClFN4O3/c1-20-17(24)15-10-23(4-5-25-15)9-12-7-22-16(8-21-12)26-14-3-2-11(18)6-13(14)19/h2-3,6-8,15H,4-5,9-10H2,1H3,(H,20,24)/t15-/m0/s1. The molecule has 0 saturated carbocycles. The molecule has 1 aliphatic rings. The summed E-state index contributed by atoms with van der Waals surface area (Å²) in [7, 11) is 1.58. The first kappa shape index (κ1) is 18.5. The second kappa shape index (κ2) is 8.39. The molecule has 1 N–H and O–H groups in total. The lowest BCUT2D eigenvalue weighted by molar-refractivity contribution is -0.138. The van der Waals surface area contributed by atoms with Gasteiger partial charge >= 0.3 is 0 Å². The van der Waals surface area contributed by atoms with Gasteiger partial charge in [-0.2, -0.15) is 0 Å². The summed E-state index contributed by atoms with van der Waals surface area (Å²) in [6, 6.07) is 4.13. The van der Waals surface area contributed by atoms with Gasteiger partial charge in [-0.15, -0.1) is 0 Å². The molecule has 0 unspecified atom stereocenters. The molecule has 3 rings (SSSR count). The van der Waals surface area contributed by atoms with Crippen molar-refractivity contribution in [2.45, 2.75) is 12.6 Å². The van der Waals surface area contributed by atoms with Crippen LogP contribution in [0.2, 0.25) is 5.02 Å². The lowest BCUT2D eigenvalue weighted by Crippen LogP contribution is -2.48. The molecule has 2 aromatic rings. The smallest absolute Gasteiger partial charge is 0.250 e. The fraction of sp³-hybridized carbons (Fsp3) is 0.353. The fourth-order valence-corrected chi connectivity index (χ4v) is 2.70. The van der Waals surface area contributed by atoms with Crippen molar-refractivity contribution < 1.29 is 18.7 Å². The van der Waals surface area contributed by atoms with Gasteiger partial charge in [-0.3, -0.25) is 14.7 Å². The molecule has 1 saturated heterocycles. The Morgan fingerprint density at radius 1 is 1.46 bits per heavy atom. The average Bonchev–Trinajstić information content (AvgIpc) is 2.65. The topological polar surface area (TPSA) is 76.6 Å². The van der Waals surface area contributed by atoms with Crippen LogP contribution in [0.5, 0.6) is 11.6 Å². The minimum atomic E-state index is -0.572. The monoisotopic (exact) mass is 380 g/mol. The van der Waals surface area contributed by atoms with Crippen LogP contribution >= 0.6 is 11.6 Å². The van der Waals surface area contributed by atoms with Gasteiger partial charge in [-0.05, 0) is 18.2 Å². The molecule has 2 heterocycles. The molecule has 1 aromatic carbocycles. The molecule has 1 aromatic heterocycles. The highest BCUT2D eigenvalue weighted by Crippen LogP contribution is 2.25. The van der Waals surface area contributed by atoms with Gasteiger partial charge in [0.2, 0.25) is 11.8 Å². The highest BCUT2D eigenvalue weighted by atomic mass is 35.5. The van der Waals surface area contributed by atoms with Gasteiger partial charge in [-0.25, -0.2) is 9.37 Å². The Hall–Kier alpha value is -2.29. The number of likely N-dealkylation sites (N-methyl/N-ethyl adjacent to an activating group) is 1. The number of hydrogen-bond donors (Lipinski definition) is 1. The maximum absolute atomic E-state index is 13.7. The molecule has 1 fully saturated rings. The summed E-state index contributed by atoms with van der Waals surface area (Å²) in [6.07, 6.45) is 2.50. The van der Waals surface area contributed by atoms with Crippen molar-refractivity contribution in [1.29, 1.82) is 0 Å². The molecule has 1 amide bonds. The number of nitrogens with one attached hydrogen (secondary N) is 1. The van der Waals surface area contributed by atoms with Crippen LogP contribution in [-0.2, 0) is 16.1 Å². The van der Waals surface area contributed by atoms with E-state index in [2.05, 4.69) is 20.2 Å². The predicted octanol–water partition coefficient (Wildman–Crippen LogP) is 2.01. The van der Waals surface area contributed by atoms with E-state index in [1.54, 1.807) is 13.2 Å². The summed E-state index contributed by atoms with van der Waals surface area (Å²) in [6.45, 7) is 2.18. The molecule has 9 heteroatoms. The zero-order valence-electron chi connectivity index (χ0n) is 14.1. The maximum atomic E-state index is 13.7. The molecule has 1 aliphatic heterocycles. The Bertz CT molecular complexity index is 775. The van der Waals surface area contributed by atoms with E-state index in [-0.39, 0.29) is 22.6 Å². The first-order valence-electron chi connectivity index (χ1n) is 8.04. The van der Waals surface area contributed by atoms with Crippen LogP contribution in [-0.4, -0.2) is 53.6 Å². The molecule has 7 nitrogen and oxygen atoms in total. The molecular weight excluding hydrogens is 363 g/mol. The lowest BCUT2D eigenvalue weighted by atomic mass is 10.2. The van der Waals surface area contributed by atoms with Crippen molar-refractivity contribution in [3.8, 4) is 11.6 Å². The Kier molecular flexibility index (Phi) is 5.97. The van der Waals surface area contributed by atoms with Crippen molar-refractivity contribution in [2.24, 2.45) is 0 Å². The molecule has 0 radical (unpaired) electrons. The lowest BCUT2D eigenvalue weighted by Gasteiger charge is -2.31. The van der Waals surface area contributed by atoms with Gasteiger partial charge in [0.15, 0.2) is 11.6 Å². The largest absolute Gasteiger partial charge is 0.434 e. The summed E-state index contributed by atoms with van der Waals surface area (Å²) in [5, 5.41) is 2.87. The summed E-state index contributed by atoms with van der Waals surface area (Å²) in [4.78, 5) is 22.2. The normalized spacial score (nSPS) is 17.7. The maximum Gasteiger partial charge on any atom is 0.250 e.